The van der Waals surface area contributed by atoms with Crippen LogP contribution in [0.25, 0.3) is 33.8 Å². The fraction of sp³-hybridized carbons (Fsp3) is 0.280. The first-order chi connectivity index (χ1) is 16.6. The molecule has 1 aliphatic rings. The van der Waals surface area contributed by atoms with Gasteiger partial charge in [-0.05, 0) is 45.0 Å². The Labute approximate surface area is 197 Å². The predicted octanol–water partition coefficient (Wildman–Crippen LogP) is 3.81. The third-order valence-electron chi connectivity index (χ3n) is 6.46. The fourth-order valence-electron chi connectivity index (χ4n) is 4.78. The molecule has 5 aromatic heterocycles. The normalized spacial score (nSPS) is 16.4. The largest absolute Gasteiger partial charge is 0.377 e. The van der Waals surface area contributed by atoms with Gasteiger partial charge >= 0.3 is 0 Å². The molecule has 34 heavy (non-hydrogen) atoms. The van der Waals surface area contributed by atoms with Crippen LogP contribution in [-0.4, -0.2) is 60.1 Å². The van der Waals surface area contributed by atoms with Crippen molar-refractivity contribution in [1.82, 2.24) is 34.3 Å². The van der Waals surface area contributed by atoms with Crippen molar-refractivity contribution in [2.75, 3.05) is 24.7 Å². The third-order valence-corrected chi connectivity index (χ3v) is 6.46. The van der Waals surface area contributed by atoms with Gasteiger partial charge in [-0.1, -0.05) is 0 Å². The lowest BCUT2D eigenvalue weighted by Crippen LogP contribution is -2.44. The van der Waals surface area contributed by atoms with Crippen molar-refractivity contribution in [1.29, 1.82) is 0 Å². The summed E-state index contributed by atoms with van der Waals surface area (Å²) in [6.07, 6.45) is 7.36. The van der Waals surface area contributed by atoms with Gasteiger partial charge in [0.2, 0.25) is 0 Å². The molecule has 9 heteroatoms. The molecule has 9 nitrogen and oxygen atoms in total. The highest BCUT2D eigenvalue weighted by Gasteiger charge is 2.25. The maximum absolute atomic E-state index is 5.68. The van der Waals surface area contributed by atoms with Gasteiger partial charge < -0.3 is 14.6 Å². The van der Waals surface area contributed by atoms with Crippen molar-refractivity contribution in [3.8, 4) is 28.2 Å². The van der Waals surface area contributed by atoms with Crippen molar-refractivity contribution >= 4 is 11.5 Å². The van der Waals surface area contributed by atoms with Gasteiger partial charge in [-0.15, -0.1) is 0 Å². The van der Waals surface area contributed by atoms with E-state index in [1.807, 2.05) is 52.8 Å². The summed E-state index contributed by atoms with van der Waals surface area (Å²) in [4.78, 5) is 14.8. The quantitative estimate of drug-likeness (QED) is 0.444. The summed E-state index contributed by atoms with van der Waals surface area (Å²) in [5, 5.41) is 9.63. The number of pyridine rings is 1. The van der Waals surface area contributed by atoms with Gasteiger partial charge in [-0.2, -0.15) is 10.2 Å². The monoisotopic (exact) mass is 454 g/mol. The summed E-state index contributed by atoms with van der Waals surface area (Å²) >= 11 is 0. The second kappa shape index (κ2) is 8.11. The number of hydrogen-bond donors (Lipinski definition) is 1. The van der Waals surface area contributed by atoms with Crippen LogP contribution in [-0.2, 0) is 4.74 Å². The van der Waals surface area contributed by atoms with E-state index < -0.39 is 0 Å². The molecule has 0 aromatic carbocycles. The first-order valence-electron chi connectivity index (χ1n) is 11.5. The van der Waals surface area contributed by atoms with Crippen LogP contribution in [0.1, 0.15) is 18.3 Å². The van der Waals surface area contributed by atoms with E-state index in [2.05, 4.69) is 34.8 Å². The number of ether oxygens (including phenoxy) is 1. The first-order valence-corrected chi connectivity index (χ1v) is 11.5. The Bertz CT molecular complexity index is 1450. The molecule has 0 unspecified atom stereocenters. The van der Waals surface area contributed by atoms with E-state index in [0.29, 0.717) is 13.2 Å². The molecule has 1 N–H and O–H groups in total. The topological polar surface area (TPSA) is 89.2 Å². The highest BCUT2D eigenvalue weighted by Crippen LogP contribution is 2.34. The summed E-state index contributed by atoms with van der Waals surface area (Å²) in [6, 6.07) is 10.3. The summed E-state index contributed by atoms with van der Waals surface area (Å²) in [5.41, 5.74) is 7.71. The number of anilines is 1. The molecule has 6 heterocycles. The summed E-state index contributed by atoms with van der Waals surface area (Å²) in [5.74, 6) is 0.919. The highest BCUT2D eigenvalue weighted by molar-refractivity contribution is 5.80. The number of nitrogens with zero attached hydrogens (tertiary/aromatic N) is 7. The van der Waals surface area contributed by atoms with Crippen LogP contribution in [0.4, 0.5) is 5.82 Å². The lowest BCUT2D eigenvalue weighted by molar-refractivity contribution is 0.0985. The van der Waals surface area contributed by atoms with Crippen LogP contribution in [0, 0.1) is 13.8 Å². The summed E-state index contributed by atoms with van der Waals surface area (Å²) < 4.78 is 9.58. The number of rotatable bonds is 4. The molecule has 6 rings (SSSR count). The van der Waals surface area contributed by atoms with E-state index in [1.54, 1.807) is 12.4 Å². The van der Waals surface area contributed by atoms with Crippen LogP contribution in [0.15, 0.2) is 55.1 Å². The van der Waals surface area contributed by atoms with Crippen LogP contribution >= 0.6 is 0 Å². The van der Waals surface area contributed by atoms with Crippen molar-refractivity contribution < 1.29 is 4.74 Å². The van der Waals surface area contributed by atoms with Crippen LogP contribution in [0.2, 0.25) is 0 Å². The van der Waals surface area contributed by atoms with E-state index >= 15 is 0 Å². The van der Waals surface area contributed by atoms with Gasteiger partial charge in [0.05, 0.1) is 59.5 Å². The Balaban J connectivity index is 1.60. The van der Waals surface area contributed by atoms with Gasteiger partial charge in [0, 0.05) is 36.8 Å². The second-order valence-electron chi connectivity index (χ2n) is 8.66. The highest BCUT2D eigenvalue weighted by atomic mass is 16.5. The Kier molecular flexibility index (Phi) is 4.91. The van der Waals surface area contributed by atoms with E-state index in [9.17, 15) is 0 Å². The maximum Gasteiger partial charge on any atom is 0.167 e. The molecule has 0 bridgehead atoms. The van der Waals surface area contributed by atoms with Gasteiger partial charge in [0.1, 0.15) is 5.82 Å². The summed E-state index contributed by atoms with van der Waals surface area (Å²) in [7, 11) is 0. The molecule has 172 valence electrons. The lowest BCUT2D eigenvalue weighted by Gasteiger charge is -2.34. The first kappa shape index (κ1) is 20.6. The van der Waals surface area contributed by atoms with E-state index in [4.69, 9.17) is 19.9 Å². The average molecular weight is 455 g/mol. The molecular formula is C25H26N8O. The van der Waals surface area contributed by atoms with Crippen LogP contribution < -0.4 is 4.90 Å². The molecule has 0 amide bonds. The Hall–Kier alpha value is -3.98. The van der Waals surface area contributed by atoms with Crippen molar-refractivity contribution in [3.05, 3.63) is 66.5 Å². The Morgan fingerprint density at radius 1 is 1.15 bits per heavy atom. The zero-order valence-corrected chi connectivity index (χ0v) is 19.4. The van der Waals surface area contributed by atoms with Gasteiger partial charge in [-0.3, -0.25) is 4.98 Å². The predicted molar refractivity (Wildman–Crippen MR) is 130 cm³/mol. The van der Waals surface area contributed by atoms with E-state index in [0.717, 1.165) is 57.6 Å². The van der Waals surface area contributed by atoms with Crippen molar-refractivity contribution in [2.24, 2.45) is 0 Å². The van der Waals surface area contributed by atoms with E-state index in [-0.39, 0.29) is 6.04 Å². The maximum atomic E-state index is 5.68. The summed E-state index contributed by atoms with van der Waals surface area (Å²) in [6.45, 7) is 8.47. The molecule has 1 atom stereocenters. The second-order valence-corrected chi connectivity index (χ2v) is 8.66. The number of nitrogens with one attached hydrogen (secondary N) is 1. The van der Waals surface area contributed by atoms with Crippen LogP contribution in [0.5, 0.6) is 0 Å². The molecule has 0 saturated carbocycles. The fourth-order valence-corrected chi connectivity index (χ4v) is 4.78. The Morgan fingerprint density at radius 3 is 2.76 bits per heavy atom. The Morgan fingerprint density at radius 2 is 2.00 bits per heavy atom. The number of aryl methyl sites for hydroxylation is 1. The number of H-pyrrole nitrogens is 1. The number of morpholine rings is 1. The minimum atomic E-state index is 0.232. The van der Waals surface area contributed by atoms with Gasteiger partial charge in [0.25, 0.3) is 0 Å². The molecule has 0 aliphatic carbocycles. The number of aromatic amines is 1. The van der Waals surface area contributed by atoms with Crippen molar-refractivity contribution in [3.63, 3.8) is 0 Å². The zero-order chi connectivity index (χ0) is 23.2. The van der Waals surface area contributed by atoms with Gasteiger partial charge in [0.15, 0.2) is 5.65 Å². The molecular weight excluding hydrogens is 428 g/mol. The SMILES string of the molecule is Cc1nn(-c2ccncc2)c(C)c1-c1cc(N2CCOC[C@H]2C)nc2c(-c3ccc[nH]3)cnn12. The van der Waals surface area contributed by atoms with Gasteiger partial charge in [-0.25, -0.2) is 14.2 Å². The van der Waals surface area contributed by atoms with Crippen molar-refractivity contribution in [2.45, 2.75) is 26.8 Å². The standard InChI is InChI=1S/C25H26N8O/c1-16-15-34-12-11-31(16)23-13-22(33-25(29-23)20(14-28-33)21-5-4-8-27-21)24-17(2)30-32(18(24)3)19-6-9-26-10-7-19/h4-10,13-14,16,27H,11-12,15H2,1-3H3/t16-/m1/s1. The minimum Gasteiger partial charge on any atom is -0.377 e. The molecule has 0 spiro atoms. The third kappa shape index (κ3) is 3.28. The van der Waals surface area contributed by atoms with Crippen LogP contribution in [0.3, 0.4) is 0 Å². The smallest absolute Gasteiger partial charge is 0.167 e. The average Bonchev–Trinajstić information content (AvgIpc) is 3.58. The molecule has 5 aromatic rings. The number of aromatic nitrogens is 7. The molecule has 1 saturated heterocycles. The zero-order valence-electron chi connectivity index (χ0n) is 19.4. The number of fused-ring (bicyclic) bond motifs is 1. The molecule has 1 fully saturated rings. The lowest BCUT2D eigenvalue weighted by atomic mass is 10.1. The minimum absolute atomic E-state index is 0.232. The molecule has 1 aliphatic heterocycles. The number of hydrogen-bond acceptors (Lipinski definition) is 6. The van der Waals surface area contributed by atoms with E-state index in [1.165, 1.54) is 0 Å². The molecule has 0 radical (unpaired) electrons.